The molecule has 2 heterocycles. The van der Waals surface area contributed by atoms with Crippen LogP contribution in [0.2, 0.25) is 5.15 Å². The van der Waals surface area contributed by atoms with Crippen molar-refractivity contribution in [2.24, 2.45) is 0 Å². The molecule has 18 heavy (non-hydrogen) atoms. The lowest BCUT2D eigenvalue weighted by Gasteiger charge is -2.10. The third kappa shape index (κ3) is 1.67. The Hall–Kier alpha value is -2.20. The molecule has 4 nitrogen and oxygen atoms in total. The van der Waals surface area contributed by atoms with Crippen LogP contribution in [-0.2, 0) is 0 Å². The van der Waals surface area contributed by atoms with Crippen LogP contribution in [0.5, 0.6) is 0 Å². The lowest BCUT2D eigenvalue weighted by Crippen LogP contribution is -2.00. The number of para-hydroxylation sites is 1. The maximum atomic E-state index is 11.1. The van der Waals surface area contributed by atoms with Crippen molar-refractivity contribution < 1.29 is 4.79 Å². The molecule has 3 rings (SSSR count). The Labute approximate surface area is 108 Å². The highest BCUT2D eigenvalue weighted by molar-refractivity contribution is 6.32. The molecule has 1 aromatic carbocycles. The Morgan fingerprint density at radius 2 is 1.89 bits per heavy atom. The molecule has 0 aromatic heterocycles. The van der Waals surface area contributed by atoms with Crippen LogP contribution in [0, 0.1) is 0 Å². The number of hydrogen-bond donors (Lipinski definition) is 0. The van der Waals surface area contributed by atoms with Gasteiger partial charge in [-0.25, -0.2) is 0 Å². The summed E-state index contributed by atoms with van der Waals surface area (Å²) in [7, 11) is 0. The van der Waals surface area contributed by atoms with Gasteiger partial charge in [0.1, 0.15) is 5.69 Å². The molecule has 0 N–H and O–H groups in total. The number of aromatic nitrogens is 3. The van der Waals surface area contributed by atoms with E-state index in [-0.39, 0.29) is 0 Å². The zero-order chi connectivity index (χ0) is 12.5. The van der Waals surface area contributed by atoms with E-state index in [1.54, 1.807) is 6.20 Å². The molecule has 0 bridgehead atoms. The molecule has 88 valence electrons. The monoisotopic (exact) mass is 257 g/mol. The molecule has 2 aliphatic rings. The first-order valence-corrected chi connectivity index (χ1v) is 5.72. The number of nitrogens with zero attached hydrogens (tertiary/aromatic N) is 3. The fourth-order valence-corrected chi connectivity index (χ4v) is 2.03. The number of fused-ring (bicyclic) bond motifs is 1. The van der Waals surface area contributed by atoms with Crippen molar-refractivity contribution in [2.75, 3.05) is 0 Å². The summed E-state index contributed by atoms with van der Waals surface area (Å²) in [6, 6.07) is 9.67. The largest absolute Gasteiger partial charge is 0.322 e. The van der Waals surface area contributed by atoms with Crippen LogP contribution in [0.25, 0.3) is 16.9 Å². The molecule has 0 saturated carbocycles. The van der Waals surface area contributed by atoms with E-state index < -0.39 is 0 Å². The second kappa shape index (κ2) is 4.23. The molecule has 2 aliphatic heterocycles. The smallest absolute Gasteiger partial charge is 0.162 e. The lowest BCUT2D eigenvalue weighted by atomic mass is 10.1. The minimum absolute atomic E-state index is 0.304. The van der Waals surface area contributed by atoms with Crippen LogP contribution in [0.15, 0.2) is 42.7 Å². The normalized spacial score (nSPS) is 10.7. The summed E-state index contributed by atoms with van der Waals surface area (Å²) in [5, 5.41) is 7.98. The summed E-state index contributed by atoms with van der Waals surface area (Å²) in [5.41, 5.74) is 2.61. The number of aldehydes is 1. The average molecular weight is 258 g/mol. The van der Waals surface area contributed by atoms with Crippen molar-refractivity contribution in [1.82, 2.24) is 14.8 Å². The van der Waals surface area contributed by atoms with Gasteiger partial charge in [-0.15, -0.1) is 10.2 Å². The summed E-state index contributed by atoms with van der Waals surface area (Å²) >= 11 is 5.96. The van der Waals surface area contributed by atoms with Gasteiger partial charge in [-0.1, -0.05) is 29.8 Å². The van der Waals surface area contributed by atoms with Gasteiger partial charge in [0.2, 0.25) is 0 Å². The molecule has 0 saturated heterocycles. The summed E-state index contributed by atoms with van der Waals surface area (Å²) in [5.74, 6) is 0. The first kappa shape index (κ1) is 10.9. The van der Waals surface area contributed by atoms with Crippen molar-refractivity contribution in [3.8, 4) is 16.9 Å². The van der Waals surface area contributed by atoms with Crippen molar-refractivity contribution in [3.63, 3.8) is 0 Å². The van der Waals surface area contributed by atoms with Crippen LogP contribution in [-0.4, -0.2) is 21.1 Å². The Morgan fingerprint density at radius 1 is 1.11 bits per heavy atom. The summed E-state index contributed by atoms with van der Waals surface area (Å²) in [6.07, 6.45) is 4.29. The fourth-order valence-electron chi connectivity index (χ4n) is 1.85. The summed E-state index contributed by atoms with van der Waals surface area (Å²) in [6.45, 7) is 0. The first-order chi connectivity index (χ1) is 8.79. The number of hydrogen-bond acceptors (Lipinski definition) is 3. The van der Waals surface area contributed by atoms with Crippen molar-refractivity contribution >= 4 is 17.9 Å². The van der Waals surface area contributed by atoms with Gasteiger partial charge in [0.15, 0.2) is 11.4 Å². The molecule has 0 radical (unpaired) electrons. The van der Waals surface area contributed by atoms with Gasteiger partial charge >= 0.3 is 0 Å². The number of carbonyl (C=O) groups is 1. The summed E-state index contributed by atoms with van der Waals surface area (Å²) in [4.78, 5) is 11.1. The predicted molar refractivity (Wildman–Crippen MR) is 68.4 cm³/mol. The SMILES string of the molecule is O=Cc1cn(-c2ccccc2)cc2c(Cl)nnc1-2. The quantitative estimate of drug-likeness (QED) is 0.663. The van der Waals surface area contributed by atoms with E-state index in [9.17, 15) is 4.79 Å². The number of halogens is 1. The Kier molecular flexibility index (Phi) is 2.57. The fraction of sp³-hybridized carbons (Fsp3) is 0. The Bertz CT molecular complexity index is 678. The second-order valence-electron chi connectivity index (χ2n) is 3.83. The van der Waals surface area contributed by atoms with Crippen molar-refractivity contribution in [3.05, 3.63) is 53.4 Å². The van der Waals surface area contributed by atoms with Crippen molar-refractivity contribution in [1.29, 1.82) is 0 Å². The highest BCUT2D eigenvalue weighted by atomic mass is 35.5. The first-order valence-electron chi connectivity index (χ1n) is 5.34. The maximum absolute atomic E-state index is 11.1. The third-order valence-corrected chi connectivity index (χ3v) is 3.00. The zero-order valence-electron chi connectivity index (χ0n) is 9.25. The molecule has 1 aromatic rings. The van der Waals surface area contributed by atoms with Gasteiger partial charge in [0.25, 0.3) is 0 Å². The van der Waals surface area contributed by atoms with E-state index in [0.29, 0.717) is 22.0 Å². The Balaban J connectivity index is 2.28. The molecule has 0 fully saturated rings. The van der Waals surface area contributed by atoms with E-state index in [2.05, 4.69) is 10.2 Å². The molecule has 0 aliphatic carbocycles. The van der Waals surface area contributed by atoms with Crippen LogP contribution in [0.3, 0.4) is 0 Å². The molecule has 5 heteroatoms. The van der Waals surface area contributed by atoms with Gasteiger partial charge < -0.3 is 4.57 Å². The maximum Gasteiger partial charge on any atom is 0.162 e. The molecule has 0 spiro atoms. The average Bonchev–Trinajstić information content (AvgIpc) is 2.81. The molecule has 0 atom stereocenters. The molecule has 0 unspecified atom stereocenters. The van der Waals surface area contributed by atoms with E-state index in [0.717, 1.165) is 12.0 Å². The number of benzene rings is 1. The standard InChI is InChI=1S/C13H8ClN3O/c14-13-11-7-17(10-4-2-1-3-5-10)6-9(8-18)12(11)15-16-13/h1-8H. The minimum atomic E-state index is 0.304. The van der Waals surface area contributed by atoms with Crippen LogP contribution in [0.1, 0.15) is 10.4 Å². The van der Waals surface area contributed by atoms with Crippen LogP contribution >= 0.6 is 11.6 Å². The lowest BCUT2D eigenvalue weighted by molar-refractivity contribution is 0.112. The minimum Gasteiger partial charge on any atom is -0.322 e. The highest BCUT2D eigenvalue weighted by Crippen LogP contribution is 2.29. The van der Waals surface area contributed by atoms with Gasteiger partial charge in [-0.3, -0.25) is 4.79 Å². The number of rotatable bonds is 2. The number of carbonyl (C=O) groups excluding carboxylic acids is 1. The number of pyridine rings is 1. The van der Waals surface area contributed by atoms with Gasteiger partial charge in [0.05, 0.1) is 11.1 Å². The van der Waals surface area contributed by atoms with E-state index in [4.69, 9.17) is 11.6 Å². The highest BCUT2D eigenvalue weighted by Gasteiger charge is 2.17. The van der Waals surface area contributed by atoms with E-state index >= 15 is 0 Å². The van der Waals surface area contributed by atoms with E-state index in [1.807, 2.05) is 41.1 Å². The second-order valence-corrected chi connectivity index (χ2v) is 4.19. The summed E-state index contributed by atoms with van der Waals surface area (Å²) < 4.78 is 1.83. The van der Waals surface area contributed by atoms with Crippen molar-refractivity contribution in [2.45, 2.75) is 0 Å². The molecular formula is C13H8ClN3O. The van der Waals surface area contributed by atoms with Gasteiger partial charge in [0, 0.05) is 18.1 Å². The topological polar surface area (TPSA) is 47.8 Å². The van der Waals surface area contributed by atoms with Crippen LogP contribution in [0.4, 0.5) is 0 Å². The Morgan fingerprint density at radius 3 is 2.61 bits per heavy atom. The third-order valence-electron chi connectivity index (χ3n) is 2.72. The van der Waals surface area contributed by atoms with Gasteiger partial charge in [-0.05, 0) is 12.1 Å². The molecular weight excluding hydrogens is 250 g/mol. The zero-order valence-corrected chi connectivity index (χ0v) is 10.0. The predicted octanol–water partition coefficient (Wildman–Crippen LogP) is 2.84. The van der Waals surface area contributed by atoms with E-state index in [1.165, 1.54) is 0 Å². The van der Waals surface area contributed by atoms with Gasteiger partial charge in [-0.2, -0.15) is 0 Å². The molecule has 0 amide bonds. The van der Waals surface area contributed by atoms with Crippen LogP contribution < -0.4 is 0 Å².